The quantitative estimate of drug-likeness (QED) is 0.492. The SMILES string of the molecule is CCOc1ccc(N2C(=O)/C(=C/c3cc(OC)c(OC)cc3OC)N(C)C2=S)cc1. The summed E-state index contributed by atoms with van der Waals surface area (Å²) in [4.78, 5) is 16.4. The summed E-state index contributed by atoms with van der Waals surface area (Å²) < 4.78 is 21.6. The molecule has 1 heterocycles. The van der Waals surface area contributed by atoms with Crippen LogP contribution in [0.15, 0.2) is 42.1 Å². The second-order valence-corrected chi connectivity index (χ2v) is 6.75. The molecule has 0 aromatic heterocycles. The Balaban J connectivity index is 2.00. The van der Waals surface area contributed by atoms with Crippen LogP contribution in [0.1, 0.15) is 12.5 Å². The van der Waals surface area contributed by atoms with Gasteiger partial charge < -0.3 is 23.8 Å². The Morgan fingerprint density at radius 1 is 0.967 bits per heavy atom. The van der Waals surface area contributed by atoms with Gasteiger partial charge in [-0.3, -0.25) is 9.69 Å². The largest absolute Gasteiger partial charge is 0.496 e. The van der Waals surface area contributed by atoms with Crippen LogP contribution in [-0.4, -0.2) is 50.9 Å². The molecule has 1 amide bonds. The number of hydrogen-bond donors (Lipinski definition) is 0. The number of carbonyl (C=O) groups excluding carboxylic acids is 1. The Morgan fingerprint density at radius 2 is 1.57 bits per heavy atom. The molecule has 1 saturated heterocycles. The van der Waals surface area contributed by atoms with E-state index in [1.165, 1.54) is 4.90 Å². The van der Waals surface area contributed by atoms with E-state index in [0.717, 1.165) is 5.75 Å². The van der Waals surface area contributed by atoms with E-state index in [-0.39, 0.29) is 5.91 Å². The van der Waals surface area contributed by atoms with Gasteiger partial charge in [-0.2, -0.15) is 0 Å². The Hall–Kier alpha value is -3.26. The topological polar surface area (TPSA) is 60.5 Å². The van der Waals surface area contributed by atoms with Crippen molar-refractivity contribution in [2.24, 2.45) is 0 Å². The first-order valence-electron chi connectivity index (χ1n) is 9.31. The van der Waals surface area contributed by atoms with Crippen molar-refractivity contribution < 1.29 is 23.7 Å². The number of methoxy groups -OCH3 is 3. The maximum absolute atomic E-state index is 13.2. The molecule has 0 spiro atoms. The van der Waals surface area contributed by atoms with Crippen LogP contribution < -0.4 is 23.8 Å². The lowest BCUT2D eigenvalue weighted by Gasteiger charge is -2.17. The molecule has 158 valence electrons. The fourth-order valence-electron chi connectivity index (χ4n) is 3.16. The second kappa shape index (κ2) is 9.04. The number of hydrogen-bond acceptors (Lipinski definition) is 6. The summed E-state index contributed by atoms with van der Waals surface area (Å²) >= 11 is 5.53. The second-order valence-electron chi connectivity index (χ2n) is 6.39. The fourth-order valence-corrected chi connectivity index (χ4v) is 3.44. The zero-order chi connectivity index (χ0) is 21.8. The normalized spacial score (nSPS) is 15.0. The molecule has 0 N–H and O–H groups in total. The predicted octanol–water partition coefficient (Wildman–Crippen LogP) is 3.72. The summed E-state index contributed by atoms with van der Waals surface area (Å²) in [6.07, 6.45) is 1.73. The van der Waals surface area contributed by atoms with E-state index in [4.69, 9.17) is 31.2 Å². The standard InChI is InChI=1S/C22H24N2O5S/c1-6-29-16-9-7-15(8-10-16)24-21(25)17(23(2)22(24)30)11-14-12-19(27-4)20(28-5)13-18(14)26-3/h7-13H,6H2,1-5H3/b17-11-. The summed E-state index contributed by atoms with van der Waals surface area (Å²) in [5, 5.41) is 0.384. The molecule has 30 heavy (non-hydrogen) atoms. The Bertz CT molecular complexity index is 988. The third-order valence-corrected chi connectivity index (χ3v) is 5.15. The molecule has 1 fully saturated rings. The molecule has 0 radical (unpaired) electrons. The van der Waals surface area contributed by atoms with Crippen LogP contribution >= 0.6 is 12.2 Å². The smallest absolute Gasteiger partial charge is 0.281 e. The van der Waals surface area contributed by atoms with Crippen LogP contribution in [0, 0.1) is 0 Å². The molecule has 0 atom stereocenters. The van der Waals surface area contributed by atoms with Crippen molar-refractivity contribution >= 4 is 35.0 Å². The summed E-state index contributed by atoms with van der Waals surface area (Å²) in [7, 11) is 6.42. The average Bonchev–Trinajstić information content (AvgIpc) is 2.97. The molecule has 1 aliphatic rings. The maximum atomic E-state index is 13.2. The number of benzene rings is 2. The first-order valence-corrected chi connectivity index (χ1v) is 9.72. The maximum Gasteiger partial charge on any atom is 0.281 e. The highest BCUT2D eigenvalue weighted by molar-refractivity contribution is 7.80. The third kappa shape index (κ3) is 3.91. The molecular weight excluding hydrogens is 404 g/mol. The number of amides is 1. The van der Waals surface area contributed by atoms with Crippen LogP contribution in [0.3, 0.4) is 0 Å². The van der Waals surface area contributed by atoms with E-state index >= 15 is 0 Å². The predicted molar refractivity (Wildman–Crippen MR) is 120 cm³/mol. The first-order chi connectivity index (χ1) is 14.4. The van der Waals surface area contributed by atoms with Gasteiger partial charge in [0.1, 0.15) is 17.2 Å². The summed E-state index contributed by atoms with van der Waals surface area (Å²) in [6.45, 7) is 2.49. The first kappa shape index (κ1) is 21.4. The fraction of sp³-hybridized carbons (Fsp3) is 0.273. The monoisotopic (exact) mass is 428 g/mol. The van der Waals surface area contributed by atoms with Crippen molar-refractivity contribution in [2.75, 3.05) is 39.9 Å². The summed E-state index contributed by atoms with van der Waals surface area (Å²) in [6, 6.07) is 10.7. The number of rotatable bonds is 7. The molecular formula is C22H24N2O5S. The summed E-state index contributed by atoms with van der Waals surface area (Å²) in [5.41, 5.74) is 1.75. The lowest BCUT2D eigenvalue weighted by atomic mass is 10.1. The van der Waals surface area contributed by atoms with Gasteiger partial charge in [-0.05, 0) is 55.5 Å². The molecule has 0 saturated carbocycles. The van der Waals surface area contributed by atoms with Crippen molar-refractivity contribution in [3.8, 4) is 23.0 Å². The van der Waals surface area contributed by atoms with Crippen molar-refractivity contribution in [3.63, 3.8) is 0 Å². The zero-order valence-electron chi connectivity index (χ0n) is 17.6. The van der Waals surface area contributed by atoms with Crippen LogP contribution in [-0.2, 0) is 4.79 Å². The van der Waals surface area contributed by atoms with Crippen molar-refractivity contribution in [1.82, 2.24) is 4.90 Å². The van der Waals surface area contributed by atoms with Gasteiger partial charge in [-0.25, -0.2) is 0 Å². The van der Waals surface area contributed by atoms with E-state index < -0.39 is 0 Å². The van der Waals surface area contributed by atoms with Gasteiger partial charge in [-0.1, -0.05) is 0 Å². The lowest BCUT2D eigenvalue weighted by Crippen LogP contribution is -2.31. The molecule has 8 heteroatoms. The molecule has 0 aliphatic carbocycles. The molecule has 2 aromatic rings. The van der Waals surface area contributed by atoms with Gasteiger partial charge in [0.05, 0.1) is 33.6 Å². The molecule has 2 aromatic carbocycles. The summed E-state index contributed by atoms with van der Waals surface area (Å²) in [5.74, 6) is 2.12. The number of thiocarbonyl (C=S) groups is 1. The third-order valence-electron chi connectivity index (χ3n) is 4.70. The zero-order valence-corrected chi connectivity index (χ0v) is 18.4. The minimum absolute atomic E-state index is 0.233. The van der Waals surface area contributed by atoms with Gasteiger partial charge in [0, 0.05) is 18.7 Å². The van der Waals surface area contributed by atoms with Crippen molar-refractivity contribution in [1.29, 1.82) is 0 Å². The van der Waals surface area contributed by atoms with Crippen molar-refractivity contribution in [3.05, 3.63) is 47.7 Å². The van der Waals surface area contributed by atoms with Crippen LogP contribution in [0.4, 0.5) is 5.69 Å². The van der Waals surface area contributed by atoms with Gasteiger partial charge >= 0.3 is 0 Å². The van der Waals surface area contributed by atoms with Crippen LogP contribution in [0.2, 0.25) is 0 Å². The molecule has 0 bridgehead atoms. The molecule has 3 rings (SSSR count). The average molecular weight is 429 g/mol. The van der Waals surface area contributed by atoms with Gasteiger partial charge in [0.2, 0.25) is 0 Å². The minimum Gasteiger partial charge on any atom is -0.496 e. The molecule has 0 unspecified atom stereocenters. The highest BCUT2D eigenvalue weighted by atomic mass is 32.1. The van der Waals surface area contributed by atoms with E-state index in [1.807, 2.05) is 31.2 Å². The van der Waals surface area contributed by atoms with E-state index in [9.17, 15) is 4.79 Å². The Labute approximate surface area is 181 Å². The Morgan fingerprint density at radius 3 is 2.13 bits per heavy atom. The van der Waals surface area contributed by atoms with E-state index in [0.29, 0.717) is 45.9 Å². The number of nitrogens with zero attached hydrogens (tertiary/aromatic N) is 2. The van der Waals surface area contributed by atoms with Crippen LogP contribution in [0.25, 0.3) is 6.08 Å². The molecule has 1 aliphatic heterocycles. The van der Waals surface area contributed by atoms with Crippen molar-refractivity contribution in [2.45, 2.75) is 6.92 Å². The van der Waals surface area contributed by atoms with Gasteiger partial charge in [-0.15, -0.1) is 0 Å². The Kier molecular flexibility index (Phi) is 6.47. The van der Waals surface area contributed by atoms with Gasteiger partial charge in [0.25, 0.3) is 5.91 Å². The lowest BCUT2D eigenvalue weighted by molar-refractivity contribution is -0.114. The molecule has 7 nitrogen and oxygen atoms in total. The number of ether oxygens (including phenoxy) is 4. The van der Waals surface area contributed by atoms with E-state index in [1.54, 1.807) is 51.5 Å². The number of anilines is 1. The number of likely N-dealkylation sites (N-methyl/N-ethyl adjacent to an activating group) is 1. The number of carbonyl (C=O) groups is 1. The van der Waals surface area contributed by atoms with Crippen LogP contribution in [0.5, 0.6) is 23.0 Å². The highest BCUT2D eigenvalue weighted by Gasteiger charge is 2.37. The van der Waals surface area contributed by atoms with Gasteiger partial charge in [0.15, 0.2) is 16.6 Å². The minimum atomic E-state index is -0.233. The highest BCUT2D eigenvalue weighted by Crippen LogP contribution is 2.37. The van der Waals surface area contributed by atoms with E-state index in [2.05, 4.69) is 0 Å².